The first kappa shape index (κ1) is 27.3. The van der Waals surface area contributed by atoms with Crippen molar-refractivity contribution in [2.45, 2.75) is 19.4 Å². The Labute approximate surface area is 241 Å². The van der Waals surface area contributed by atoms with Gasteiger partial charge in [-0.15, -0.1) is 22.7 Å². The van der Waals surface area contributed by atoms with Crippen LogP contribution in [-0.2, 0) is 27.2 Å². The number of carbonyl (C=O) groups excluding carboxylic acids is 1. The van der Waals surface area contributed by atoms with Gasteiger partial charge in [0.25, 0.3) is 0 Å². The standard InChI is InChI=1S/C29H34N6O3S2/c1-37-13-10-30-9-7-26(36)34-29-27(21-6-8-31-18-24(21)40-29)28-33-22-16-19(2-4-23(22)39-28)20-3-5-25(32-17-20)35-11-14-38-15-12-35/h2-5,16-17,30-31H,6-15,18H2,1H3,(H,34,36). The second-order valence-electron chi connectivity index (χ2n) is 9.88. The Bertz CT molecular complexity index is 1460. The van der Waals surface area contributed by atoms with E-state index in [1.165, 1.54) is 10.4 Å². The molecule has 3 N–H and O–H groups in total. The summed E-state index contributed by atoms with van der Waals surface area (Å²) in [5, 5.41) is 11.8. The lowest BCUT2D eigenvalue weighted by Gasteiger charge is -2.27. The number of amides is 1. The van der Waals surface area contributed by atoms with Gasteiger partial charge in [0.05, 0.1) is 30.0 Å². The fourth-order valence-corrected chi connectivity index (χ4v) is 7.41. The number of anilines is 2. The van der Waals surface area contributed by atoms with Crippen LogP contribution in [0.5, 0.6) is 0 Å². The van der Waals surface area contributed by atoms with Crippen molar-refractivity contribution in [2.24, 2.45) is 0 Å². The summed E-state index contributed by atoms with van der Waals surface area (Å²) in [4.78, 5) is 26.2. The van der Waals surface area contributed by atoms with E-state index in [-0.39, 0.29) is 5.91 Å². The molecule has 210 valence electrons. The molecule has 2 aliphatic heterocycles. The van der Waals surface area contributed by atoms with Gasteiger partial charge in [-0.1, -0.05) is 6.07 Å². The number of ether oxygens (including phenoxy) is 2. The molecule has 1 aromatic carbocycles. The molecule has 40 heavy (non-hydrogen) atoms. The summed E-state index contributed by atoms with van der Waals surface area (Å²) in [6.07, 6.45) is 3.28. The van der Waals surface area contributed by atoms with E-state index in [1.807, 2.05) is 6.20 Å². The number of pyridine rings is 1. The number of hydrogen-bond acceptors (Lipinski definition) is 10. The Morgan fingerprint density at radius 2 is 2.02 bits per heavy atom. The van der Waals surface area contributed by atoms with Gasteiger partial charge in [0.15, 0.2) is 0 Å². The quantitative estimate of drug-likeness (QED) is 0.242. The van der Waals surface area contributed by atoms with Crippen LogP contribution in [0.15, 0.2) is 36.5 Å². The SMILES string of the molecule is COCCNCCC(=O)Nc1sc2c(c1-c1nc3cc(-c4ccc(N5CCOCC5)nc4)ccc3s1)CCNC2. The van der Waals surface area contributed by atoms with Crippen molar-refractivity contribution in [1.29, 1.82) is 0 Å². The monoisotopic (exact) mass is 578 g/mol. The minimum absolute atomic E-state index is 0.00847. The molecule has 0 radical (unpaired) electrons. The van der Waals surface area contributed by atoms with Crippen molar-refractivity contribution in [3.05, 3.63) is 47.0 Å². The molecule has 1 fully saturated rings. The molecule has 2 aliphatic rings. The molecule has 0 spiro atoms. The molecule has 1 amide bonds. The number of methoxy groups -OCH3 is 1. The Morgan fingerprint density at radius 1 is 1.15 bits per heavy atom. The number of morpholine rings is 1. The molecular formula is C29H34N6O3S2. The lowest BCUT2D eigenvalue weighted by molar-refractivity contribution is -0.116. The number of thiazole rings is 1. The number of fused-ring (bicyclic) bond motifs is 2. The number of thiophene rings is 1. The number of carbonyl (C=O) groups is 1. The van der Waals surface area contributed by atoms with E-state index in [2.05, 4.69) is 51.2 Å². The largest absolute Gasteiger partial charge is 0.383 e. The Morgan fingerprint density at radius 3 is 2.85 bits per heavy atom. The van der Waals surface area contributed by atoms with Crippen LogP contribution in [0.4, 0.5) is 10.8 Å². The summed E-state index contributed by atoms with van der Waals surface area (Å²) in [5.41, 5.74) is 5.51. The molecule has 0 aliphatic carbocycles. The normalized spacial score (nSPS) is 15.4. The summed E-state index contributed by atoms with van der Waals surface area (Å²) >= 11 is 3.35. The van der Waals surface area contributed by atoms with E-state index in [0.29, 0.717) is 19.6 Å². The van der Waals surface area contributed by atoms with Crippen LogP contribution < -0.4 is 20.9 Å². The zero-order valence-corrected chi connectivity index (χ0v) is 24.3. The van der Waals surface area contributed by atoms with Gasteiger partial charge in [-0.2, -0.15) is 0 Å². The minimum Gasteiger partial charge on any atom is -0.383 e. The molecule has 3 aromatic heterocycles. The maximum Gasteiger partial charge on any atom is 0.226 e. The van der Waals surface area contributed by atoms with Gasteiger partial charge >= 0.3 is 0 Å². The predicted octanol–water partition coefficient (Wildman–Crippen LogP) is 4.13. The molecule has 1 saturated heterocycles. The van der Waals surface area contributed by atoms with Crippen molar-refractivity contribution >= 4 is 49.6 Å². The molecule has 9 nitrogen and oxygen atoms in total. The maximum atomic E-state index is 12.8. The van der Waals surface area contributed by atoms with E-state index in [4.69, 9.17) is 19.4 Å². The van der Waals surface area contributed by atoms with E-state index in [1.54, 1.807) is 29.8 Å². The van der Waals surface area contributed by atoms with Crippen LogP contribution >= 0.6 is 22.7 Å². The molecule has 0 atom stereocenters. The van der Waals surface area contributed by atoms with Gasteiger partial charge in [-0.05, 0) is 48.4 Å². The number of nitrogens with zero attached hydrogens (tertiary/aromatic N) is 3. The molecule has 0 bridgehead atoms. The van der Waals surface area contributed by atoms with Crippen molar-refractivity contribution in [3.63, 3.8) is 0 Å². The van der Waals surface area contributed by atoms with Crippen molar-refractivity contribution in [3.8, 4) is 21.7 Å². The third-order valence-electron chi connectivity index (χ3n) is 7.21. The molecule has 6 rings (SSSR count). The van der Waals surface area contributed by atoms with Crippen LogP contribution in [0, 0.1) is 0 Å². The lowest BCUT2D eigenvalue weighted by Crippen LogP contribution is -2.36. The summed E-state index contributed by atoms with van der Waals surface area (Å²) in [6, 6.07) is 10.6. The lowest BCUT2D eigenvalue weighted by atomic mass is 10.0. The third-order valence-corrected chi connectivity index (χ3v) is 9.41. The minimum atomic E-state index is 0.00847. The zero-order valence-electron chi connectivity index (χ0n) is 22.6. The van der Waals surface area contributed by atoms with Crippen LogP contribution in [0.3, 0.4) is 0 Å². The number of benzene rings is 1. The molecule has 5 heterocycles. The van der Waals surface area contributed by atoms with Crippen LogP contribution in [0.2, 0.25) is 0 Å². The molecule has 4 aromatic rings. The highest BCUT2D eigenvalue weighted by Crippen LogP contribution is 2.45. The van der Waals surface area contributed by atoms with Gasteiger partial charge in [0.2, 0.25) is 5.91 Å². The van der Waals surface area contributed by atoms with Gasteiger partial charge in [0.1, 0.15) is 15.8 Å². The van der Waals surface area contributed by atoms with Crippen LogP contribution in [-0.4, -0.2) is 75.5 Å². The average Bonchev–Trinajstić information content (AvgIpc) is 3.57. The van der Waals surface area contributed by atoms with Crippen LogP contribution in [0.1, 0.15) is 16.9 Å². The highest BCUT2D eigenvalue weighted by Gasteiger charge is 2.25. The number of hydrogen-bond donors (Lipinski definition) is 3. The summed E-state index contributed by atoms with van der Waals surface area (Å²) < 4.78 is 11.7. The van der Waals surface area contributed by atoms with Crippen molar-refractivity contribution in [2.75, 3.05) is 69.9 Å². The second-order valence-corrected chi connectivity index (χ2v) is 12.0. The summed E-state index contributed by atoms with van der Waals surface area (Å²) in [5.74, 6) is 0.996. The first-order valence-corrected chi connectivity index (χ1v) is 15.4. The number of rotatable bonds is 10. The Hall–Kier alpha value is -2.93. The Balaban J connectivity index is 1.24. The van der Waals surface area contributed by atoms with Gasteiger partial charge in [-0.3, -0.25) is 4.79 Å². The van der Waals surface area contributed by atoms with Gasteiger partial charge in [-0.25, -0.2) is 9.97 Å². The smallest absolute Gasteiger partial charge is 0.226 e. The third kappa shape index (κ3) is 6.04. The first-order valence-electron chi connectivity index (χ1n) is 13.7. The zero-order chi connectivity index (χ0) is 27.3. The molecule has 0 unspecified atom stereocenters. The van der Waals surface area contributed by atoms with Gasteiger partial charge in [0, 0.05) is 68.5 Å². The Kier molecular flexibility index (Phi) is 8.66. The first-order chi connectivity index (χ1) is 19.7. The molecular weight excluding hydrogens is 544 g/mol. The average molecular weight is 579 g/mol. The molecule has 0 saturated carbocycles. The number of nitrogens with one attached hydrogen (secondary N) is 3. The van der Waals surface area contributed by atoms with Gasteiger partial charge < -0.3 is 30.3 Å². The van der Waals surface area contributed by atoms with E-state index in [0.717, 1.165) is 95.1 Å². The van der Waals surface area contributed by atoms with E-state index in [9.17, 15) is 4.79 Å². The van der Waals surface area contributed by atoms with E-state index < -0.39 is 0 Å². The second kappa shape index (κ2) is 12.7. The predicted molar refractivity (Wildman–Crippen MR) is 163 cm³/mol. The van der Waals surface area contributed by atoms with Crippen molar-refractivity contribution in [1.82, 2.24) is 20.6 Å². The highest BCUT2D eigenvalue weighted by molar-refractivity contribution is 7.23. The highest BCUT2D eigenvalue weighted by atomic mass is 32.1. The fourth-order valence-electron chi connectivity index (χ4n) is 5.09. The van der Waals surface area contributed by atoms with Crippen LogP contribution in [0.25, 0.3) is 31.9 Å². The van der Waals surface area contributed by atoms with E-state index >= 15 is 0 Å². The topological polar surface area (TPSA) is 101 Å². The summed E-state index contributed by atoms with van der Waals surface area (Å²) in [6.45, 7) is 6.96. The molecule has 11 heteroatoms. The van der Waals surface area contributed by atoms with Crippen molar-refractivity contribution < 1.29 is 14.3 Å². The fraction of sp³-hybridized carbons (Fsp3) is 0.414. The maximum absolute atomic E-state index is 12.8. The number of aromatic nitrogens is 2. The summed E-state index contributed by atoms with van der Waals surface area (Å²) in [7, 11) is 1.67.